The number of carbonyl (C=O) groups is 1. The molecule has 5 rings (SSSR count). The van der Waals surface area contributed by atoms with Gasteiger partial charge in [-0.25, -0.2) is 9.78 Å². The second-order valence-electron chi connectivity index (χ2n) is 9.28. The first kappa shape index (κ1) is 18.0. The summed E-state index contributed by atoms with van der Waals surface area (Å²) in [5.41, 5.74) is 1.72. The van der Waals surface area contributed by atoms with E-state index < -0.39 is 5.60 Å². The molecule has 1 amide bonds. The summed E-state index contributed by atoms with van der Waals surface area (Å²) in [6.07, 6.45) is 3.07. The van der Waals surface area contributed by atoms with Crippen LogP contribution in [0.15, 0.2) is 34.8 Å². The van der Waals surface area contributed by atoms with Crippen LogP contribution in [0.1, 0.15) is 51.9 Å². The van der Waals surface area contributed by atoms with Crippen LogP contribution < -0.4 is 0 Å². The van der Waals surface area contributed by atoms with E-state index in [0.717, 1.165) is 45.1 Å². The highest BCUT2D eigenvalue weighted by molar-refractivity contribution is 9.10. The van der Waals surface area contributed by atoms with Crippen molar-refractivity contribution in [2.24, 2.45) is 5.41 Å². The molecule has 2 aromatic carbocycles. The van der Waals surface area contributed by atoms with Crippen LogP contribution in [-0.4, -0.2) is 33.1 Å². The fourth-order valence-electron chi connectivity index (χ4n) is 4.30. The van der Waals surface area contributed by atoms with Gasteiger partial charge in [0.1, 0.15) is 11.4 Å². The Kier molecular flexibility index (Phi) is 3.83. The summed E-state index contributed by atoms with van der Waals surface area (Å²) < 4.78 is 6.75. The van der Waals surface area contributed by atoms with Crippen molar-refractivity contribution in [3.05, 3.63) is 40.6 Å². The van der Waals surface area contributed by atoms with Crippen LogP contribution in [0.25, 0.3) is 21.8 Å². The van der Waals surface area contributed by atoms with Crippen molar-refractivity contribution in [3.8, 4) is 0 Å². The van der Waals surface area contributed by atoms with Crippen molar-refractivity contribution in [2.75, 3.05) is 6.54 Å². The maximum Gasteiger partial charge on any atom is 0.410 e. The van der Waals surface area contributed by atoms with Gasteiger partial charge in [0.05, 0.1) is 17.1 Å². The number of aromatic nitrogens is 2. The van der Waals surface area contributed by atoms with Crippen molar-refractivity contribution in [3.63, 3.8) is 0 Å². The van der Waals surface area contributed by atoms with Crippen molar-refractivity contribution in [1.82, 2.24) is 14.9 Å². The number of aromatic amines is 1. The van der Waals surface area contributed by atoms with E-state index in [4.69, 9.17) is 9.72 Å². The third kappa shape index (κ3) is 3.08. The maximum absolute atomic E-state index is 12.9. The number of hydrogen-bond acceptors (Lipinski definition) is 3. The minimum Gasteiger partial charge on any atom is -0.444 e. The SMILES string of the molecule is CC(C)(C)OC(=O)N1CC2(CC2)C[C@H]1c1nc2c(ccc3cc(Br)ccc32)[nH]1. The molecule has 146 valence electrons. The Hall–Kier alpha value is -2.08. The molecule has 1 atom stereocenters. The number of imidazole rings is 1. The molecule has 2 fully saturated rings. The lowest BCUT2D eigenvalue weighted by Gasteiger charge is -2.27. The molecule has 28 heavy (non-hydrogen) atoms. The lowest BCUT2D eigenvalue weighted by atomic mass is 10.0. The summed E-state index contributed by atoms with van der Waals surface area (Å²) in [4.78, 5) is 23.2. The molecule has 3 aromatic rings. The number of likely N-dealkylation sites (tertiary alicyclic amines) is 1. The number of ether oxygens (including phenoxy) is 1. The highest BCUT2D eigenvalue weighted by atomic mass is 79.9. The molecule has 2 heterocycles. The minimum atomic E-state index is -0.502. The van der Waals surface area contributed by atoms with Crippen LogP contribution in [0.4, 0.5) is 4.79 Å². The zero-order valence-corrected chi connectivity index (χ0v) is 18.0. The fraction of sp³-hybridized carbons (Fsp3) is 0.455. The number of carbonyl (C=O) groups excluding carboxylic acids is 1. The van der Waals surface area contributed by atoms with E-state index in [-0.39, 0.29) is 17.6 Å². The first-order valence-corrected chi connectivity index (χ1v) is 10.6. The first-order valence-electron chi connectivity index (χ1n) is 9.81. The fourth-order valence-corrected chi connectivity index (χ4v) is 4.68. The Bertz CT molecular complexity index is 1090. The number of fused-ring (bicyclic) bond motifs is 3. The van der Waals surface area contributed by atoms with Crippen LogP contribution in [0, 0.1) is 5.41 Å². The van der Waals surface area contributed by atoms with Crippen LogP contribution in [-0.2, 0) is 4.74 Å². The molecule has 0 radical (unpaired) electrons. The highest BCUT2D eigenvalue weighted by Crippen LogP contribution is 2.58. The Labute approximate surface area is 172 Å². The Balaban J connectivity index is 1.55. The number of rotatable bonds is 1. The van der Waals surface area contributed by atoms with Crippen molar-refractivity contribution in [2.45, 2.75) is 51.7 Å². The molecule has 0 unspecified atom stereocenters. The zero-order chi connectivity index (χ0) is 19.7. The van der Waals surface area contributed by atoms with Crippen molar-refractivity contribution >= 4 is 43.8 Å². The maximum atomic E-state index is 12.9. The predicted octanol–water partition coefficient (Wildman–Crippen LogP) is 5.94. The minimum absolute atomic E-state index is 0.0600. The monoisotopic (exact) mass is 441 g/mol. The third-order valence-corrected chi connectivity index (χ3v) is 6.35. The average molecular weight is 442 g/mol. The summed E-state index contributed by atoms with van der Waals surface area (Å²) >= 11 is 3.54. The van der Waals surface area contributed by atoms with E-state index in [1.54, 1.807) is 0 Å². The molecule has 0 bridgehead atoms. The number of amides is 1. The van der Waals surface area contributed by atoms with Gasteiger partial charge in [-0.15, -0.1) is 0 Å². The van der Waals surface area contributed by atoms with E-state index in [0.29, 0.717) is 0 Å². The number of halogens is 1. The summed E-state index contributed by atoms with van der Waals surface area (Å²) in [5, 5.41) is 2.26. The van der Waals surface area contributed by atoms with E-state index in [1.165, 1.54) is 12.8 Å². The first-order chi connectivity index (χ1) is 13.2. The Morgan fingerprint density at radius 3 is 2.79 bits per heavy atom. The molecule has 1 N–H and O–H groups in total. The molecular formula is C22H24BrN3O2. The number of H-pyrrole nitrogens is 1. The van der Waals surface area contributed by atoms with Gasteiger partial charge in [0.2, 0.25) is 0 Å². The van der Waals surface area contributed by atoms with Gasteiger partial charge in [0.25, 0.3) is 0 Å². The number of nitrogens with zero attached hydrogens (tertiary/aromatic N) is 2. The van der Waals surface area contributed by atoms with Gasteiger partial charge < -0.3 is 9.72 Å². The number of nitrogens with one attached hydrogen (secondary N) is 1. The number of hydrogen-bond donors (Lipinski definition) is 1. The molecule has 6 heteroatoms. The van der Waals surface area contributed by atoms with Gasteiger partial charge in [-0.05, 0) is 69.0 Å². The Morgan fingerprint density at radius 2 is 2.07 bits per heavy atom. The molecule has 1 spiro atoms. The molecular weight excluding hydrogens is 418 g/mol. The lowest BCUT2D eigenvalue weighted by molar-refractivity contribution is 0.0212. The van der Waals surface area contributed by atoms with Gasteiger partial charge in [-0.1, -0.05) is 28.1 Å². The van der Waals surface area contributed by atoms with Crippen LogP contribution in [0.5, 0.6) is 0 Å². The third-order valence-electron chi connectivity index (χ3n) is 5.86. The second-order valence-corrected chi connectivity index (χ2v) is 10.2. The van der Waals surface area contributed by atoms with Gasteiger partial charge in [0.15, 0.2) is 0 Å². The summed E-state index contributed by atoms with van der Waals surface area (Å²) in [6, 6.07) is 10.3. The smallest absolute Gasteiger partial charge is 0.410 e. The zero-order valence-electron chi connectivity index (χ0n) is 16.4. The largest absolute Gasteiger partial charge is 0.444 e. The van der Waals surface area contributed by atoms with Crippen LogP contribution >= 0.6 is 15.9 Å². The van der Waals surface area contributed by atoms with Gasteiger partial charge in [-0.2, -0.15) is 0 Å². The molecule has 2 aliphatic rings. The molecule has 1 aliphatic heterocycles. The van der Waals surface area contributed by atoms with E-state index in [9.17, 15) is 4.79 Å². The molecule has 1 saturated carbocycles. The van der Waals surface area contributed by atoms with Gasteiger partial charge in [0, 0.05) is 16.4 Å². The predicted molar refractivity (Wildman–Crippen MR) is 113 cm³/mol. The molecule has 1 saturated heterocycles. The summed E-state index contributed by atoms with van der Waals surface area (Å²) in [7, 11) is 0. The average Bonchev–Trinajstić information content (AvgIpc) is 3.06. The molecule has 5 nitrogen and oxygen atoms in total. The lowest BCUT2D eigenvalue weighted by Crippen LogP contribution is -2.37. The van der Waals surface area contributed by atoms with Crippen molar-refractivity contribution in [1.29, 1.82) is 0 Å². The quantitative estimate of drug-likeness (QED) is 0.508. The van der Waals surface area contributed by atoms with E-state index >= 15 is 0 Å². The summed E-state index contributed by atoms with van der Waals surface area (Å²) in [6.45, 7) is 6.49. The van der Waals surface area contributed by atoms with Crippen LogP contribution in [0.2, 0.25) is 0 Å². The Morgan fingerprint density at radius 1 is 1.29 bits per heavy atom. The summed E-state index contributed by atoms with van der Waals surface area (Å²) in [5.74, 6) is 0.861. The second kappa shape index (κ2) is 5.96. The molecule has 1 aliphatic carbocycles. The van der Waals surface area contributed by atoms with Crippen LogP contribution in [0.3, 0.4) is 0 Å². The number of benzene rings is 2. The van der Waals surface area contributed by atoms with Gasteiger partial charge in [-0.3, -0.25) is 4.90 Å². The highest BCUT2D eigenvalue weighted by Gasteiger charge is 2.55. The normalized spacial score (nSPS) is 21.0. The topological polar surface area (TPSA) is 58.2 Å². The van der Waals surface area contributed by atoms with Gasteiger partial charge >= 0.3 is 6.09 Å². The van der Waals surface area contributed by atoms with E-state index in [1.807, 2.05) is 31.7 Å². The van der Waals surface area contributed by atoms with E-state index in [2.05, 4.69) is 45.2 Å². The van der Waals surface area contributed by atoms with Crippen molar-refractivity contribution < 1.29 is 9.53 Å². The standard InChI is InChI=1S/C22H24BrN3O2/c1-21(2,3)28-20(27)26-12-22(8-9-22)11-17(26)19-24-16-7-4-13-10-14(23)5-6-15(13)18(16)25-19/h4-7,10,17H,8-9,11-12H2,1-3H3,(H,24,25)/t17-/m0/s1. The molecule has 1 aromatic heterocycles.